The first kappa shape index (κ1) is 20.8. The van der Waals surface area contributed by atoms with Gasteiger partial charge in [0.1, 0.15) is 0 Å². The quantitative estimate of drug-likeness (QED) is 0.775. The number of likely N-dealkylation sites (tertiary alicyclic amines) is 2. The van der Waals surface area contributed by atoms with Gasteiger partial charge in [0.05, 0.1) is 6.04 Å². The fourth-order valence-electron chi connectivity index (χ4n) is 4.39. The molecule has 2 fully saturated rings. The van der Waals surface area contributed by atoms with Gasteiger partial charge in [-0.15, -0.1) is 0 Å². The molecule has 2 heterocycles. The summed E-state index contributed by atoms with van der Waals surface area (Å²) in [7, 11) is 0. The highest BCUT2D eigenvalue weighted by Gasteiger charge is 2.31. The predicted octanol–water partition coefficient (Wildman–Crippen LogP) is 1.40. The molecule has 0 aromatic heterocycles. The molecular weight excluding hydrogens is 352 g/mol. The van der Waals surface area contributed by atoms with Crippen LogP contribution >= 0.6 is 0 Å². The zero-order valence-electron chi connectivity index (χ0n) is 17.0. The number of nitrogens with zero attached hydrogens (tertiary/aromatic N) is 2. The summed E-state index contributed by atoms with van der Waals surface area (Å²) in [6.07, 6.45) is 4.75. The molecule has 0 unspecified atom stereocenters. The Morgan fingerprint density at radius 2 is 1.71 bits per heavy atom. The van der Waals surface area contributed by atoms with Crippen molar-refractivity contribution in [3.05, 3.63) is 35.9 Å². The van der Waals surface area contributed by atoms with Crippen molar-refractivity contribution in [3.8, 4) is 0 Å². The number of piperidine rings is 2. The Hall–Kier alpha value is -1.92. The van der Waals surface area contributed by atoms with E-state index in [1.807, 2.05) is 23.1 Å². The van der Waals surface area contributed by atoms with Crippen LogP contribution in [0.15, 0.2) is 30.3 Å². The smallest absolute Gasteiger partial charge is 0.239 e. The Morgan fingerprint density at radius 3 is 2.32 bits per heavy atom. The zero-order valence-corrected chi connectivity index (χ0v) is 17.0. The van der Waals surface area contributed by atoms with E-state index in [0.717, 1.165) is 58.3 Å². The maximum atomic E-state index is 12.5. The number of carbonyl (C=O) groups is 2. The molecule has 0 aliphatic carbocycles. The fourth-order valence-corrected chi connectivity index (χ4v) is 4.39. The van der Waals surface area contributed by atoms with Gasteiger partial charge in [0.25, 0.3) is 0 Å². The lowest BCUT2D eigenvalue weighted by Gasteiger charge is -2.41. The molecule has 6 nitrogen and oxygen atoms in total. The molecule has 1 atom stereocenters. The van der Waals surface area contributed by atoms with Gasteiger partial charge < -0.3 is 20.9 Å². The largest absolute Gasteiger partial charge is 0.356 e. The highest BCUT2D eigenvalue weighted by Crippen LogP contribution is 2.24. The number of hydrogen-bond donors (Lipinski definition) is 2. The summed E-state index contributed by atoms with van der Waals surface area (Å²) >= 11 is 0. The number of hydrogen-bond acceptors (Lipinski definition) is 4. The lowest BCUT2D eigenvalue weighted by molar-refractivity contribution is -0.134. The second kappa shape index (κ2) is 10.0. The fraction of sp³-hybridized carbons (Fsp3) is 0.636. The van der Waals surface area contributed by atoms with Crippen molar-refractivity contribution in [2.45, 2.75) is 51.1 Å². The standard InChI is InChI=1S/C22H34N4O2/c1-17(23)22(28)26-15-10-20(11-16-26)25-13-8-19(9-14-25)21(27)24-12-7-18-5-3-2-4-6-18/h2-6,17,19-20H,7-16,23H2,1H3,(H,24,27)/t17-/m1/s1. The molecule has 1 aromatic rings. The minimum Gasteiger partial charge on any atom is -0.356 e. The summed E-state index contributed by atoms with van der Waals surface area (Å²) in [5, 5.41) is 3.11. The maximum Gasteiger partial charge on any atom is 0.239 e. The molecule has 28 heavy (non-hydrogen) atoms. The first-order valence-corrected chi connectivity index (χ1v) is 10.6. The van der Waals surface area contributed by atoms with Crippen LogP contribution in [-0.2, 0) is 16.0 Å². The summed E-state index contributed by atoms with van der Waals surface area (Å²) in [6.45, 7) is 6.00. The van der Waals surface area contributed by atoms with E-state index in [4.69, 9.17) is 5.73 Å². The lowest BCUT2D eigenvalue weighted by atomic mass is 9.92. The molecule has 6 heteroatoms. The van der Waals surface area contributed by atoms with Crippen molar-refractivity contribution >= 4 is 11.8 Å². The molecule has 2 saturated heterocycles. The lowest BCUT2D eigenvalue weighted by Crippen LogP contribution is -2.52. The van der Waals surface area contributed by atoms with Crippen LogP contribution in [0, 0.1) is 5.92 Å². The van der Waals surface area contributed by atoms with E-state index in [2.05, 4.69) is 22.3 Å². The van der Waals surface area contributed by atoms with Crippen molar-refractivity contribution in [1.29, 1.82) is 0 Å². The molecule has 154 valence electrons. The topological polar surface area (TPSA) is 78.7 Å². The molecule has 0 spiro atoms. The number of carbonyl (C=O) groups excluding carboxylic acids is 2. The van der Waals surface area contributed by atoms with Crippen LogP contribution in [0.1, 0.15) is 38.2 Å². The van der Waals surface area contributed by atoms with Gasteiger partial charge in [-0.1, -0.05) is 30.3 Å². The van der Waals surface area contributed by atoms with E-state index >= 15 is 0 Å². The van der Waals surface area contributed by atoms with Gasteiger partial charge in [-0.25, -0.2) is 0 Å². The number of rotatable bonds is 6. The molecule has 0 radical (unpaired) electrons. The Morgan fingerprint density at radius 1 is 1.07 bits per heavy atom. The summed E-state index contributed by atoms with van der Waals surface area (Å²) in [5.41, 5.74) is 6.97. The van der Waals surface area contributed by atoms with Gasteiger partial charge in [0.15, 0.2) is 0 Å². The number of nitrogens with two attached hydrogens (primary N) is 1. The van der Waals surface area contributed by atoms with Crippen LogP contribution in [0.4, 0.5) is 0 Å². The van der Waals surface area contributed by atoms with E-state index in [1.165, 1.54) is 5.56 Å². The van der Waals surface area contributed by atoms with Crippen LogP contribution < -0.4 is 11.1 Å². The molecule has 2 aliphatic heterocycles. The average molecular weight is 387 g/mol. The molecule has 3 rings (SSSR count). The Labute approximate surface area is 168 Å². The van der Waals surface area contributed by atoms with E-state index < -0.39 is 6.04 Å². The monoisotopic (exact) mass is 386 g/mol. The third-order valence-electron chi connectivity index (χ3n) is 6.14. The van der Waals surface area contributed by atoms with Crippen LogP contribution in [0.25, 0.3) is 0 Å². The summed E-state index contributed by atoms with van der Waals surface area (Å²) < 4.78 is 0. The van der Waals surface area contributed by atoms with Crippen LogP contribution in [0.2, 0.25) is 0 Å². The summed E-state index contributed by atoms with van der Waals surface area (Å²) in [5.74, 6) is 0.393. The first-order valence-electron chi connectivity index (χ1n) is 10.6. The Kier molecular flexibility index (Phi) is 7.45. The third-order valence-corrected chi connectivity index (χ3v) is 6.14. The normalized spacial score (nSPS) is 20.7. The second-order valence-corrected chi connectivity index (χ2v) is 8.18. The Bertz CT molecular complexity index is 633. The highest BCUT2D eigenvalue weighted by molar-refractivity contribution is 5.81. The summed E-state index contributed by atoms with van der Waals surface area (Å²) in [6, 6.07) is 10.4. The van der Waals surface area contributed by atoms with Gasteiger partial charge in [-0.2, -0.15) is 0 Å². The molecule has 1 aromatic carbocycles. The molecule has 2 amide bonds. The number of amides is 2. The van der Waals surface area contributed by atoms with E-state index in [-0.39, 0.29) is 17.7 Å². The highest BCUT2D eigenvalue weighted by atomic mass is 16.2. The van der Waals surface area contributed by atoms with Crippen molar-refractivity contribution in [3.63, 3.8) is 0 Å². The van der Waals surface area contributed by atoms with Crippen molar-refractivity contribution in [2.75, 3.05) is 32.7 Å². The maximum absolute atomic E-state index is 12.5. The van der Waals surface area contributed by atoms with Gasteiger partial charge in [0, 0.05) is 31.6 Å². The predicted molar refractivity (Wildman–Crippen MR) is 111 cm³/mol. The zero-order chi connectivity index (χ0) is 19.9. The average Bonchev–Trinajstić information content (AvgIpc) is 2.74. The second-order valence-electron chi connectivity index (χ2n) is 8.18. The molecule has 3 N–H and O–H groups in total. The van der Waals surface area contributed by atoms with Gasteiger partial charge in [0.2, 0.25) is 11.8 Å². The van der Waals surface area contributed by atoms with Crippen LogP contribution in [0.3, 0.4) is 0 Å². The SMILES string of the molecule is C[C@@H](N)C(=O)N1CCC(N2CCC(C(=O)NCCc3ccccc3)CC2)CC1. The van der Waals surface area contributed by atoms with E-state index in [1.54, 1.807) is 6.92 Å². The third kappa shape index (κ3) is 5.55. The van der Waals surface area contributed by atoms with E-state index in [9.17, 15) is 9.59 Å². The summed E-state index contributed by atoms with van der Waals surface area (Å²) in [4.78, 5) is 28.9. The molecule has 0 bridgehead atoms. The molecule has 0 saturated carbocycles. The van der Waals surface area contributed by atoms with Gasteiger partial charge in [-0.3, -0.25) is 9.59 Å². The number of benzene rings is 1. The van der Waals surface area contributed by atoms with Crippen LogP contribution in [0.5, 0.6) is 0 Å². The van der Waals surface area contributed by atoms with Crippen molar-refractivity contribution in [1.82, 2.24) is 15.1 Å². The van der Waals surface area contributed by atoms with Gasteiger partial charge >= 0.3 is 0 Å². The minimum atomic E-state index is -0.410. The van der Waals surface area contributed by atoms with E-state index in [0.29, 0.717) is 12.6 Å². The van der Waals surface area contributed by atoms with Crippen molar-refractivity contribution < 1.29 is 9.59 Å². The first-order chi connectivity index (χ1) is 13.5. The Balaban J connectivity index is 1.35. The molecule has 2 aliphatic rings. The number of nitrogens with one attached hydrogen (secondary N) is 1. The van der Waals surface area contributed by atoms with Crippen LogP contribution in [-0.4, -0.2) is 66.4 Å². The van der Waals surface area contributed by atoms with Crippen molar-refractivity contribution in [2.24, 2.45) is 11.7 Å². The molecular formula is C22H34N4O2. The minimum absolute atomic E-state index is 0.0596. The van der Waals surface area contributed by atoms with Gasteiger partial charge in [-0.05, 0) is 57.7 Å².